The molecule has 2 N–H and O–H groups in total. The van der Waals surface area contributed by atoms with Gasteiger partial charge in [0.1, 0.15) is 0 Å². The van der Waals surface area contributed by atoms with Crippen LogP contribution in [0.15, 0.2) is 24.3 Å². The number of fused-ring (bicyclic) bond motifs is 1. The van der Waals surface area contributed by atoms with E-state index in [4.69, 9.17) is 19.8 Å². The molecule has 0 saturated carbocycles. The molecule has 0 radical (unpaired) electrons. The van der Waals surface area contributed by atoms with Gasteiger partial charge >= 0.3 is 0 Å². The predicted octanol–water partition coefficient (Wildman–Crippen LogP) is 1.46. The number of aryl methyl sites for hydroxylation is 2. The summed E-state index contributed by atoms with van der Waals surface area (Å²) in [5.41, 5.74) is 2.92. The topological polar surface area (TPSA) is 131 Å². The van der Waals surface area contributed by atoms with Crippen molar-refractivity contribution < 1.29 is 29.4 Å². The molecule has 0 bridgehead atoms. The van der Waals surface area contributed by atoms with Gasteiger partial charge < -0.3 is 24.9 Å². The highest BCUT2D eigenvalue weighted by Gasteiger charge is 2.54. The molecule has 2 amide bonds. The molecule has 2 atom stereocenters. The van der Waals surface area contributed by atoms with Crippen LogP contribution < -0.4 is 0 Å². The first-order valence-corrected chi connectivity index (χ1v) is 12.0. The molecule has 2 aliphatic heterocycles. The minimum Gasteiger partial charge on any atom is -0.483 e. The SMILES string of the molecule is Cc1cc(CC(=O)N2C[C@@H]3CN(C(=O)C4CC=CC4)C[C@]3(CN(C)C)C2)cc(C)n1.O=CO.O=CO. The van der Waals surface area contributed by atoms with Gasteiger partial charge in [-0.1, -0.05) is 12.2 Å². The fraction of sp³-hybridized carbons (Fsp3) is 0.577. The van der Waals surface area contributed by atoms with Gasteiger partial charge in [-0.25, -0.2) is 0 Å². The van der Waals surface area contributed by atoms with Crippen molar-refractivity contribution in [2.45, 2.75) is 33.1 Å². The summed E-state index contributed by atoms with van der Waals surface area (Å²) in [7, 11) is 4.17. The number of allylic oxidation sites excluding steroid dienone is 2. The van der Waals surface area contributed by atoms with Crippen molar-refractivity contribution in [3.05, 3.63) is 41.2 Å². The zero-order valence-electron chi connectivity index (χ0n) is 21.6. The lowest BCUT2D eigenvalue weighted by Gasteiger charge is -2.32. The third kappa shape index (κ3) is 7.36. The molecule has 0 aromatic carbocycles. The van der Waals surface area contributed by atoms with E-state index in [-0.39, 0.29) is 30.2 Å². The Kier molecular flexibility index (Phi) is 10.6. The first-order valence-electron chi connectivity index (χ1n) is 12.0. The summed E-state index contributed by atoms with van der Waals surface area (Å²) in [6, 6.07) is 4.01. The highest BCUT2D eigenvalue weighted by Crippen LogP contribution is 2.44. The van der Waals surface area contributed by atoms with Crippen molar-refractivity contribution >= 4 is 24.8 Å². The van der Waals surface area contributed by atoms with Crippen molar-refractivity contribution in [2.75, 3.05) is 46.8 Å². The Labute approximate surface area is 212 Å². The number of pyridine rings is 1. The van der Waals surface area contributed by atoms with Crippen LogP contribution in [0.3, 0.4) is 0 Å². The summed E-state index contributed by atoms with van der Waals surface area (Å²) in [5, 5.41) is 13.8. The lowest BCUT2D eigenvalue weighted by molar-refractivity contribution is -0.135. The Morgan fingerprint density at radius 1 is 1.03 bits per heavy atom. The molecule has 198 valence electrons. The number of nitrogens with zero attached hydrogens (tertiary/aromatic N) is 4. The van der Waals surface area contributed by atoms with Crippen molar-refractivity contribution in [1.82, 2.24) is 19.7 Å². The molecule has 1 aromatic rings. The zero-order chi connectivity index (χ0) is 26.9. The van der Waals surface area contributed by atoms with Crippen LogP contribution in [-0.2, 0) is 25.6 Å². The van der Waals surface area contributed by atoms with Crippen molar-refractivity contribution in [2.24, 2.45) is 17.3 Å². The van der Waals surface area contributed by atoms with E-state index in [1.54, 1.807) is 0 Å². The first-order chi connectivity index (χ1) is 17.1. The predicted molar refractivity (Wildman–Crippen MR) is 134 cm³/mol. The van der Waals surface area contributed by atoms with Crippen molar-refractivity contribution in [3.63, 3.8) is 0 Å². The Morgan fingerprint density at radius 2 is 1.53 bits per heavy atom. The van der Waals surface area contributed by atoms with Gasteiger partial charge in [-0.3, -0.25) is 24.2 Å². The maximum atomic E-state index is 13.1. The second kappa shape index (κ2) is 13.2. The van der Waals surface area contributed by atoms with Crippen LogP contribution >= 0.6 is 0 Å². The molecule has 10 nitrogen and oxygen atoms in total. The lowest BCUT2D eigenvalue weighted by Crippen LogP contribution is -2.44. The number of carboxylic acid groups (broad SMARTS) is 2. The fourth-order valence-electron chi connectivity index (χ4n) is 5.78. The number of rotatable bonds is 5. The Morgan fingerprint density at radius 3 is 2.06 bits per heavy atom. The second-order valence-corrected chi connectivity index (χ2v) is 10.1. The van der Waals surface area contributed by atoms with E-state index in [1.807, 2.05) is 30.9 Å². The summed E-state index contributed by atoms with van der Waals surface area (Å²) in [6.45, 7) is 7.38. The average Bonchev–Trinajstić information content (AvgIpc) is 3.48. The van der Waals surface area contributed by atoms with Crippen LogP contribution in [-0.4, -0.2) is 101 Å². The summed E-state index contributed by atoms with van der Waals surface area (Å²) in [4.78, 5) is 53.6. The van der Waals surface area contributed by atoms with Gasteiger partial charge in [-0.15, -0.1) is 0 Å². The van der Waals surface area contributed by atoms with Crippen molar-refractivity contribution in [3.8, 4) is 0 Å². The molecule has 2 saturated heterocycles. The molecule has 36 heavy (non-hydrogen) atoms. The van der Waals surface area contributed by atoms with Gasteiger partial charge in [-0.2, -0.15) is 0 Å². The van der Waals surface area contributed by atoms with E-state index in [0.29, 0.717) is 18.2 Å². The van der Waals surface area contributed by atoms with Crippen LogP contribution in [0.4, 0.5) is 0 Å². The average molecular weight is 503 g/mol. The maximum Gasteiger partial charge on any atom is 0.290 e. The summed E-state index contributed by atoms with van der Waals surface area (Å²) >= 11 is 0. The third-order valence-electron chi connectivity index (χ3n) is 6.91. The van der Waals surface area contributed by atoms with E-state index in [2.05, 4.69) is 41.0 Å². The van der Waals surface area contributed by atoms with E-state index in [0.717, 1.165) is 62.5 Å². The van der Waals surface area contributed by atoms with Crippen LogP contribution in [0.5, 0.6) is 0 Å². The molecule has 0 spiro atoms. The summed E-state index contributed by atoms with van der Waals surface area (Å²) in [5.74, 6) is 0.956. The van der Waals surface area contributed by atoms with Crippen molar-refractivity contribution in [1.29, 1.82) is 0 Å². The molecule has 3 aliphatic rings. The van der Waals surface area contributed by atoms with Gasteiger partial charge in [0, 0.05) is 61.4 Å². The molecule has 10 heteroatoms. The molecule has 1 aliphatic carbocycles. The number of hydrogen-bond acceptors (Lipinski definition) is 6. The molecular formula is C26H38N4O6. The van der Waals surface area contributed by atoms with Crippen LogP contribution in [0.1, 0.15) is 29.8 Å². The van der Waals surface area contributed by atoms with Gasteiger partial charge in [0.05, 0.1) is 6.42 Å². The van der Waals surface area contributed by atoms with Crippen LogP contribution in [0, 0.1) is 31.1 Å². The van der Waals surface area contributed by atoms with Crippen LogP contribution in [0.2, 0.25) is 0 Å². The molecule has 1 aromatic heterocycles. The standard InChI is InChI=1S/C24H34N4O2.2CH2O2/c1-17-9-19(10-18(2)25-17)11-22(29)27-12-21-13-28(23(30)20-7-5-6-8-20)16-24(21,15-27)14-26(3)4;2*2-1-3/h5-6,9-10,20-21H,7-8,11-16H2,1-4H3;2*1H,(H,2,3)/t21-,24+;;/m1../s1. The van der Waals surface area contributed by atoms with Gasteiger partial charge in [0.25, 0.3) is 12.9 Å². The quantitative estimate of drug-likeness (QED) is 0.457. The highest BCUT2D eigenvalue weighted by atomic mass is 16.3. The number of carbonyl (C=O) groups excluding carboxylic acids is 2. The molecular weight excluding hydrogens is 464 g/mol. The smallest absolute Gasteiger partial charge is 0.290 e. The maximum absolute atomic E-state index is 13.1. The summed E-state index contributed by atoms with van der Waals surface area (Å²) in [6.07, 6.45) is 6.41. The molecule has 2 fully saturated rings. The Bertz CT molecular complexity index is 932. The van der Waals surface area contributed by atoms with E-state index in [1.165, 1.54) is 0 Å². The number of hydrogen-bond donors (Lipinski definition) is 2. The van der Waals surface area contributed by atoms with Gasteiger partial charge in [-0.05, 0) is 58.5 Å². The van der Waals surface area contributed by atoms with E-state index in [9.17, 15) is 9.59 Å². The highest BCUT2D eigenvalue weighted by molar-refractivity contribution is 5.81. The first kappa shape index (κ1) is 29.0. The number of amides is 2. The second-order valence-electron chi connectivity index (χ2n) is 10.1. The fourth-order valence-corrected chi connectivity index (χ4v) is 5.78. The minimum atomic E-state index is -0.250. The van der Waals surface area contributed by atoms with E-state index < -0.39 is 0 Å². The number of likely N-dealkylation sites (tertiary alicyclic amines) is 2. The molecule has 3 heterocycles. The van der Waals surface area contributed by atoms with Gasteiger partial charge in [0.15, 0.2) is 0 Å². The van der Waals surface area contributed by atoms with Crippen LogP contribution in [0.25, 0.3) is 0 Å². The van der Waals surface area contributed by atoms with E-state index >= 15 is 0 Å². The monoisotopic (exact) mass is 502 g/mol. The number of carbonyl (C=O) groups is 4. The van der Waals surface area contributed by atoms with Gasteiger partial charge in [0.2, 0.25) is 11.8 Å². The molecule has 0 unspecified atom stereocenters. The minimum absolute atomic E-state index is 0.0229. The third-order valence-corrected chi connectivity index (χ3v) is 6.91. The lowest BCUT2D eigenvalue weighted by atomic mass is 9.80. The Hall–Kier alpha value is -3.27. The largest absolute Gasteiger partial charge is 0.483 e. The Balaban J connectivity index is 0.000000693. The zero-order valence-corrected chi connectivity index (χ0v) is 21.6. The molecule has 4 rings (SSSR count). The summed E-state index contributed by atoms with van der Waals surface area (Å²) < 4.78 is 0. The number of aromatic nitrogens is 1. The normalized spacial score (nSPS) is 22.4.